The van der Waals surface area contributed by atoms with Gasteiger partial charge in [0.2, 0.25) is 0 Å². The summed E-state index contributed by atoms with van der Waals surface area (Å²) in [7, 11) is 0. The molecule has 0 aromatic carbocycles. The van der Waals surface area contributed by atoms with Crippen molar-refractivity contribution in [1.29, 1.82) is 5.26 Å². The molecule has 0 radical (unpaired) electrons. The van der Waals surface area contributed by atoms with E-state index in [2.05, 4.69) is 10.6 Å². The molecule has 0 spiro atoms. The smallest absolute Gasteiger partial charge is 0.320 e. The number of nitrogens with one attached hydrogen (secondary N) is 2. The first-order valence-corrected chi connectivity index (χ1v) is 6.58. The van der Waals surface area contributed by atoms with Crippen molar-refractivity contribution in [3.63, 3.8) is 0 Å². The molecule has 0 rings (SSSR count). The zero-order chi connectivity index (χ0) is 13.1. The number of thiocyanates is 1. The van der Waals surface area contributed by atoms with Crippen LogP contribution < -0.4 is 10.6 Å². The van der Waals surface area contributed by atoms with Gasteiger partial charge in [0, 0.05) is 25.4 Å². The van der Waals surface area contributed by atoms with Gasteiger partial charge in [0.15, 0.2) is 0 Å². The number of ether oxygens (including phenoxy) is 1. The van der Waals surface area contributed by atoms with Crippen molar-refractivity contribution >= 4 is 17.7 Å². The maximum Gasteiger partial charge on any atom is 0.320 e. The minimum atomic E-state index is -0.425. The standard InChI is InChI=1S/C11H21N3O2S/c1-11(2,3)16-10(15)8-14-5-4-13-6-7-17-9-12/h13-14H,4-8H2,1-3H3. The summed E-state index contributed by atoms with van der Waals surface area (Å²) in [4.78, 5) is 11.3. The summed E-state index contributed by atoms with van der Waals surface area (Å²) >= 11 is 1.23. The lowest BCUT2D eigenvalue weighted by atomic mass is 10.2. The Labute approximate surface area is 107 Å². The number of carbonyl (C=O) groups excluding carboxylic acids is 1. The molecule has 0 aliphatic heterocycles. The number of nitrogens with zero attached hydrogens (tertiary/aromatic N) is 1. The molecular formula is C11H21N3O2S. The number of hydrogen-bond acceptors (Lipinski definition) is 6. The highest BCUT2D eigenvalue weighted by Gasteiger charge is 2.15. The van der Waals surface area contributed by atoms with Crippen molar-refractivity contribution in [3.8, 4) is 5.40 Å². The second-order valence-corrected chi connectivity index (χ2v) is 5.33. The van der Waals surface area contributed by atoms with E-state index >= 15 is 0 Å². The van der Waals surface area contributed by atoms with E-state index in [0.717, 1.165) is 18.8 Å². The largest absolute Gasteiger partial charge is 0.459 e. The third-order valence-corrected chi connectivity index (χ3v) is 2.15. The highest BCUT2D eigenvalue weighted by molar-refractivity contribution is 8.03. The molecule has 0 heterocycles. The average Bonchev–Trinajstić information content (AvgIpc) is 2.19. The van der Waals surface area contributed by atoms with Gasteiger partial charge in [0.1, 0.15) is 11.0 Å². The summed E-state index contributed by atoms with van der Waals surface area (Å²) in [6.07, 6.45) is 0. The fourth-order valence-corrected chi connectivity index (χ4v) is 1.38. The average molecular weight is 259 g/mol. The molecule has 17 heavy (non-hydrogen) atoms. The van der Waals surface area contributed by atoms with E-state index in [0.29, 0.717) is 6.54 Å². The molecule has 0 aromatic heterocycles. The van der Waals surface area contributed by atoms with Gasteiger partial charge in [-0.2, -0.15) is 5.26 Å². The van der Waals surface area contributed by atoms with E-state index in [9.17, 15) is 4.79 Å². The topological polar surface area (TPSA) is 74.2 Å². The summed E-state index contributed by atoms with van der Waals surface area (Å²) in [6, 6.07) is 0. The number of thioether (sulfide) groups is 1. The number of carbonyl (C=O) groups is 1. The zero-order valence-electron chi connectivity index (χ0n) is 10.7. The Kier molecular flexibility index (Phi) is 8.86. The molecule has 0 aromatic rings. The Morgan fingerprint density at radius 2 is 1.94 bits per heavy atom. The minimum Gasteiger partial charge on any atom is -0.459 e. The lowest BCUT2D eigenvalue weighted by Gasteiger charge is -2.19. The molecule has 2 N–H and O–H groups in total. The van der Waals surface area contributed by atoms with Gasteiger partial charge in [0.25, 0.3) is 0 Å². The van der Waals surface area contributed by atoms with Crippen LogP contribution in [0.2, 0.25) is 0 Å². The van der Waals surface area contributed by atoms with Crippen LogP contribution in [0, 0.1) is 10.7 Å². The summed E-state index contributed by atoms with van der Waals surface area (Å²) in [5.74, 6) is 0.542. The van der Waals surface area contributed by atoms with Gasteiger partial charge in [-0.05, 0) is 32.5 Å². The highest BCUT2D eigenvalue weighted by atomic mass is 32.2. The van der Waals surface area contributed by atoms with Gasteiger partial charge in [-0.1, -0.05) is 0 Å². The van der Waals surface area contributed by atoms with Crippen LogP contribution >= 0.6 is 11.8 Å². The lowest BCUT2D eigenvalue weighted by Crippen LogP contribution is -2.35. The van der Waals surface area contributed by atoms with E-state index in [1.165, 1.54) is 11.8 Å². The van der Waals surface area contributed by atoms with E-state index in [1.807, 2.05) is 26.2 Å². The van der Waals surface area contributed by atoms with E-state index in [1.54, 1.807) is 0 Å². The third-order valence-electron chi connectivity index (χ3n) is 1.61. The Hall–Kier alpha value is -0.770. The Balaban J connectivity index is 3.29. The van der Waals surface area contributed by atoms with Gasteiger partial charge in [0.05, 0.1) is 6.54 Å². The van der Waals surface area contributed by atoms with Crippen LogP contribution in [0.25, 0.3) is 0 Å². The third kappa shape index (κ3) is 13.2. The van der Waals surface area contributed by atoms with Gasteiger partial charge in [-0.3, -0.25) is 4.79 Å². The minimum absolute atomic E-state index is 0.228. The first-order chi connectivity index (χ1) is 7.95. The van der Waals surface area contributed by atoms with Crippen LogP contribution in [-0.4, -0.2) is 43.5 Å². The van der Waals surface area contributed by atoms with Crippen LogP contribution in [0.4, 0.5) is 0 Å². The molecule has 0 atom stereocenters. The molecule has 0 amide bonds. The molecule has 0 aliphatic rings. The molecule has 0 bridgehead atoms. The monoisotopic (exact) mass is 259 g/mol. The molecule has 5 nitrogen and oxygen atoms in total. The zero-order valence-corrected chi connectivity index (χ0v) is 11.5. The number of nitriles is 1. The van der Waals surface area contributed by atoms with Crippen molar-refractivity contribution < 1.29 is 9.53 Å². The number of hydrogen-bond donors (Lipinski definition) is 2. The van der Waals surface area contributed by atoms with Crippen LogP contribution in [0.3, 0.4) is 0 Å². The number of esters is 1. The van der Waals surface area contributed by atoms with E-state index in [-0.39, 0.29) is 12.5 Å². The number of rotatable bonds is 8. The van der Waals surface area contributed by atoms with Gasteiger partial charge < -0.3 is 15.4 Å². The molecule has 98 valence electrons. The Bertz CT molecular complexity index is 258. The fraction of sp³-hybridized carbons (Fsp3) is 0.818. The van der Waals surface area contributed by atoms with E-state index < -0.39 is 5.60 Å². The quantitative estimate of drug-likeness (QED) is 0.380. The van der Waals surface area contributed by atoms with Crippen LogP contribution in [-0.2, 0) is 9.53 Å². The summed E-state index contributed by atoms with van der Waals surface area (Å²) in [5.41, 5.74) is -0.425. The fourth-order valence-electron chi connectivity index (χ4n) is 1.04. The highest BCUT2D eigenvalue weighted by Crippen LogP contribution is 2.05. The van der Waals surface area contributed by atoms with Gasteiger partial charge >= 0.3 is 5.97 Å². The molecule has 0 saturated carbocycles. The maximum atomic E-state index is 11.3. The molecular weight excluding hydrogens is 238 g/mol. The molecule has 0 aliphatic carbocycles. The second-order valence-electron chi connectivity index (χ2n) is 4.45. The van der Waals surface area contributed by atoms with Gasteiger partial charge in [-0.15, -0.1) is 0 Å². The molecule has 0 fully saturated rings. The van der Waals surface area contributed by atoms with E-state index in [4.69, 9.17) is 10.00 Å². The SMILES string of the molecule is CC(C)(C)OC(=O)CNCCNCCSC#N. The van der Waals surface area contributed by atoms with Crippen molar-refractivity contribution in [2.45, 2.75) is 26.4 Å². The summed E-state index contributed by atoms with van der Waals surface area (Å²) in [6.45, 7) is 8.04. The first-order valence-electron chi connectivity index (χ1n) is 5.60. The van der Waals surface area contributed by atoms with Crippen LogP contribution in [0.1, 0.15) is 20.8 Å². The predicted molar refractivity (Wildman–Crippen MR) is 69.7 cm³/mol. The second kappa shape index (κ2) is 9.28. The van der Waals surface area contributed by atoms with Crippen molar-refractivity contribution in [2.24, 2.45) is 0 Å². The Morgan fingerprint density at radius 3 is 2.53 bits per heavy atom. The molecule has 6 heteroatoms. The predicted octanol–water partition coefficient (Wildman–Crippen LogP) is 0.722. The molecule has 0 unspecified atom stereocenters. The van der Waals surface area contributed by atoms with Crippen LogP contribution in [0.5, 0.6) is 0 Å². The molecule has 0 saturated heterocycles. The first kappa shape index (κ1) is 16.2. The van der Waals surface area contributed by atoms with Crippen LogP contribution in [0.15, 0.2) is 0 Å². The lowest BCUT2D eigenvalue weighted by molar-refractivity contribution is -0.153. The summed E-state index contributed by atoms with van der Waals surface area (Å²) in [5, 5.41) is 16.4. The normalized spacial score (nSPS) is 10.9. The summed E-state index contributed by atoms with van der Waals surface area (Å²) < 4.78 is 5.14. The van der Waals surface area contributed by atoms with Crippen molar-refractivity contribution in [3.05, 3.63) is 0 Å². The Morgan fingerprint density at radius 1 is 1.29 bits per heavy atom. The van der Waals surface area contributed by atoms with Crippen molar-refractivity contribution in [1.82, 2.24) is 10.6 Å². The van der Waals surface area contributed by atoms with Gasteiger partial charge in [-0.25, -0.2) is 0 Å². The van der Waals surface area contributed by atoms with Crippen molar-refractivity contribution in [2.75, 3.05) is 31.9 Å². The maximum absolute atomic E-state index is 11.3.